The first kappa shape index (κ1) is 16.3. The van der Waals surface area contributed by atoms with Crippen molar-refractivity contribution < 1.29 is 4.74 Å². The van der Waals surface area contributed by atoms with Crippen LogP contribution in [0.1, 0.15) is 65.2 Å². The highest BCUT2D eigenvalue weighted by atomic mass is 16.5. The van der Waals surface area contributed by atoms with Crippen LogP contribution in [0.3, 0.4) is 0 Å². The third-order valence-corrected chi connectivity index (χ3v) is 4.86. The van der Waals surface area contributed by atoms with Gasteiger partial charge in [-0.25, -0.2) is 0 Å². The lowest BCUT2D eigenvalue weighted by molar-refractivity contribution is 0.0159. The maximum absolute atomic E-state index is 5.63. The quantitative estimate of drug-likeness (QED) is 0.657. The molecule has 2 bridgehead atoms. The zero-order chi connectivity index (χ0) is 14.2. The van der Waals surface area contributed by atoms with E-state index in [1.54, 1.807) is 0 Å². The fraction of sp³-hybridized carbons (Fsp3) is 1.00. The number of ether oxygens (including phenoxy) is 1. The van der Waals surface area contributed by atoms with E-state index in [1.165, 1.54) is 58.0 Å². The summed E-state index contributed by atoms with van der Waals surface area (Å²) >= 11 is 0. The van der Waals surface area contributed by atoms with Gasteiger partial charge in [-0.15, -0.1) is 0 Å². The summed E-state index contributed by atoms with van der Waals surface area (Å²) in [6, 6.07) is 2.45. The fourth-order valence-corrected chi connectivity index (χ4v) is 3.95. The predicted octanol–water partition coefficient (Wildman–Crippen LogP) is 3.19. The lowest BCUT2D eigenvalue weighted by Crippen LogP contribution is -2.56. The average Bonchev–Trinajstić information content (AvgIpc) is 2.44. The van der Waals surface area contributed by atoms with Crippen molar-refractivity contribution in [2.45, 2.75) is 83.3 Å². The maximum atomic E-state index is 5.63. The molecule has 3 nitrogen and oxygen atoms in total. The van der Waals surface area contributed by atoms with Gasteiger partial charge in [0.05, 0.1) is 0 Å². The molecule has 20 heavy (non-hydrogen) atoms. The summed E-state index contributed by atoms with van der Waals surface area (Å²) in [4.78, 5) is 2.81. The minimum absolute atomic E-state index is 0.776. The molecule has 2 aliphatic rings. The Labute approximate surface area is 125 Å². The highest BCUT2D eigenvalue weighted by molar-refractivity contribution is 4.94. The van der Waals surface area contributed by atoms with Crippen molar-refractivity contribution in [1.82, 2.24) is 10.2 Å². The summed E-state index contributed by atoms with van der Waals surface area (Å²) in [5.41, 5.74) is 0. The third-order valence-electron chi connectivity index (χ3n) is 4.86. The molecule has 0 aliphatic carbocycles. The molecule has 0 amide bonds. The zero-order valence-corrected chi connectivity index (χ0v) is 13.6. The number of rotatable bonds is 9. The Morgan fingerprint density at radius 2 is 1.80 bits per heavy atom. The van der Waals surface area contributed by atoms with Gasteiger partial charge in [0.1, 0.15) is 0 Å². The van der Waals surface area contributed by atoms with E-state index in [2.05, 4.69) is 24.1 Å². The molecule has 2 heterocycles. The number of piperidine rings is 2. The molecule has 2 fully saturated rings. The van der Waals surface area contributed by atoms with Gasteiger partial charge in [0, 0.05) is 37.9 Å². The minimum Gasteiger partial charge on any atom is -0.381 e. The zero-order valence-electron chi connectivity index (χ0n) is 13.6. The molecule has 0 aromatic rings. The van der Waals surface area contributed by atoms with Gasteiger partial charge in [-0.05, 0) is 51.5 Å². The molecule has 0 aromatic carbocycles. The van der Waals surface area contributed by atoms with Crippen molar-refractivity contribution in [3.8, 4) is 0 Å². The molecular formula is C17H34N2O. The summed E-state index contributed by atoms with van der Waals surface area (Å²) in [6.45, 7) is 8.75. The molecule has 2 unspecified atom stereocenters. The largest absolute Gasteiger partial charge is 0.381 e. The summed E-state index contributed by atoms with van der Waals surface area (Å²) in [6.07, 6.45) is 10.6. The van der Waals surface area contributed by atoms with E-state index < -0.39 is 0 Å². The van der Waals surface area contributed by atoms with E-state index in [9.17, 15) is 0 Å². The van der Waals surface area contributed by atoms with E-state index >= 15 is 0 Å². The van der Waals surface area contributed by atoms with Crippen LogP contribution < -0.4 is 5.32 Å². The van der Waals surface area contributed by atoms with Crippen LogP contribution in [0.5, 0.6) is 0 Å². The predicted molar refractivity (Wildman–Crippen MR) is 85.2 cm³/mol. The van der Waals surface area contributed by atoms with Crippen molar-refractivity contribution in [1.29, 1.82) is 0 Å². The lowest BCUT2D eigenvalue weighted by Gasteiger charge is -2.49. The van der Waals surface area contributed by atoms with Crippen LogP contribution >= 0.6 is 0 Å². The van der Waals surface area contributed by atoms with E-state index in [-0.39, 0.29) is 0 Å². The lowest BCUT2D eigenvalue weighted by atomic mass is 9.81. The molecule has 0 radical (unpaired) electrons. The second-order valence-corrected chi connectivity index (χ2v) is 6.56. The van der Waals surface area contributed by atoms with Gasteiger partial charge < -0.3 is 10.1 Å². The first-order valence-electron chi connectivity index (χ1n) is 8.92. The molecule has 1 N–H and O–H groups in total. The summed E-state index contributed by atoms with van der Waals surface area (Å²) in [5.74, 6) is 0. The van der Waals surface area contributed by atoms with Crippen molar-refractivity contribution in [3.05, 3.63) is 0 Å². The van der Waals surface area contributed by atoms with Gasteiger partial charge >= 0.3 is 0 Å². The Balaban J connectivity index is 1.73. The maximum Gasteiger partial charge on any atom is 0.0478 e. The molecule has 0 saturated carbocycles. The van der Waals surface area contributed by atoms with Crippen LogP contribution in [0.2, 0.25) is 0 Å². The Kier molecular flexibility index (Phi) is 7.32. The Morgan fingerprint density at radius 1 is 1.05 bits per heavy atom. The van der Waals surface area contributed by atoms with Crippen molar-refractivity contribution >= 4 is 0 Å². The summed E-state index contributed by atoms with van der Waals surface area (Å²) < 4.78 is 5.63. The van der Waals surface area contributed by atoms with Gasteiger partial charge in [-0.3, -0.25) is 4.90 Å². The Hall–Kier alpha value is -0.120. The van der Waals surface area contributed by atoms with Crippen molar-refractivity contribution in [2.75, 3.05) is 26.3 Å². The minimum atomic E-state index is 0.776. The fourth-order valence-electron chi connectivity index (χ4n) is 3.95. The van der Waals surface area contributed by atoms with Crippen LogP contribution in [0.4, 0.5) is 0 Å². The number of hydrogen-bond acceptors (Lipinski definition) is 3. The molecule has 2 atom stereocenters. The van der Waals surface area contributed by atoms with E-state index in [4.69, 9.17) is 4.74 Å². The highest BCUT2D eigenvalue weighted by Crippen LogP contribution is 2.34. The van der Waals surface area contributed by atoms with Crippen molar-refractivity contribution in [3.63, 3.8) is 0 Å². The Bertz CT molecular complexity index is 245. The smallest absolute Gasteiger partial charge is 0.0478 e. The van der Waals surface area contributed by atoms with Crippen molar-refractivity contribution in [2.24, 2.45) is 0 Å². The molecular weight excluding hydrogens is 248 g/mol. The standard InChI is InChI=1S/C17H34N2O/c1-3-9-18-15-13-16-7-5-8-17(14-15)19(16)10-6-12-20-11-4-2/h15-18H,3-14H2,1-2H3. The second-order valence-electron chi connectivity index (χ2n) is 6.56. The summed E-state index contributed by atoms with van der Waals surface area (Å²) in [5, 5.41) is 3.75. The molecule has 0 aromatic heterocycles. The molecule has 118 valence electrons. The van der Waals surface area contributed by atoms with Gasteiger partial charge in [0.15, 0.2) is 0 Å². The van der Waals surface area contributed by atoms with Crippen LogP contribution in [-0.2, 0) is 4.74 Å². The first-order chi connectivity index (χ1) is 9.85. The van der Waals surface area contributed by atoms with Crippen LogP contribution in [0.15, 0.2) is 0 Å². The Morgan fingerprint density at radius 3 is 2.45 bits per heavy atom. The monoisotopic (exact) mass is 282 g/mol. The van der Waals surface area contributed by atoms with Gasteiger partial charge in [-0.1, -0.05) is 20.3 Å². The van der Waals surface area contributed by atoms with Crippen LogP contribution in [0, 0.1) is 0 Å². The SMILES string of the molecule is CCCNC1CC2CCCC(C1)N2CCCOCCC. The number of nitrogens with one attached hydrogen (secondary N) is 1. The normalized spacial score (nSPS) is 30.6. The third kappa shape index (κ3) is 4.71. The second kappa shape index (κ2) is 9.01. The average molecular weight is 282 g/mol. The van der Waals surface area contributed by atoms with E-state index in [1.807, 2.05) is 0 Å². The highest BCUT2D eigenvalue weighted by Gasteiger charge is 2.37. The van der Waals surface area contributed by atoms with Gasteiger partial charge in [-0.2, -0.15) is 0 Å². The van der Waals surface area contributed by atoms with E-state index in [0.717, 1.165) is 37.8 Å². The molecule has 2 saturated heterocycles. The first-order valence-corrected chi connectivity index (χ1v) is 8.92. The molecule has 2 rings (SSSR count). The van der Waals surface area contributed by atoms with Gasteiger partial charge in [0.25, 0.3) is 0 Å². The van der Waals surface area contributed by atoms with Crippen LogP contribution in [0.25, 0.3) is 0 Å². The number of hydrogen-bond donors (Lipinski definition) is 1. The number of nitrogens with zero attached hydrogens (tertiary/aromatic N) is 1. The molecule has 3 heteroatoms. The molecule has 2 aliphatic heterocycles. The molecule has 0 spiro atoms. The van der Waals surface area contributed by atoms with Gasteiger partial charge in [0.2, 0.25) is 0 Å². The summed E-state index contributed by atoms with van der Waals surface area (Å²) in [7, 11) is 0. The number of fused-ring (bicyclic) bond motifs is 2. The topological polar surface area (TPSA) is 24.5 Å². The van der Waals surface area contributed by atoms with Crippen LogP contribution in [-0.4, -0.2) is 49.3 Å². The van der Waals surface area contributed by atoms with E-state index in [0.29, 0.717) is 0 Å².